The van der Waals surface area contributed by atoms with Gasteiger partial charge in [0.15, 0.2) is 5.82 Å². The number of hydrogen-bond donors (Lipinski definition) is 0. The molecule has 0 bridgehead atoms. The second kappa shape index (κ2) is 3.61. The molecule has 3 aromatic rings. The highest BCUT2D eigenvalue weighted by Crippen LogP contribution is 2.28. The molecule has 0 aliphatic rings. The van der Waals surface area contributed by atoms with E-state index in [9.17, 15) is 0 Å². The topological polar surface area (TPSA) is 17.8 Å². The summed E-state index contributed by atoms with van der Waals surface area (Å²) in [5.74, 6) is 0.993. The lowest BCUT2D eigenvalue weighted by Crippen LogP contribution is -1.90. The van der Waals surface area contributed by atoms with Crippen LogP contribution in [0.15, 0.2) is 35.7 Å². The highest BCUT2D eigenvalue weighted by molar-refractivity contribution is 7.13. The number of benzene rings is 1. The Morgan fingerprint density at radius 1 is 1.31 bits per heavy atom. The van der Waals surface area contributed by atoms with Gasteiger partial charge in [0, 0.05) is 12.1 Å². The molecule has 0 aliphatic heterocycles. The smallest absolute Gasteiger partial charge is 0.150 e. The van der Waals surface area contributed by atoms with E-state index in [0.29, 0.717) is 0 Å². The third-order valence-electron chi connectivity index (χ3n) is 2.58. The quantitative estimate of drug-likeness (QED) is 0.638. The fraction of sp³-hybridized carbons (Fsp3) is 0.0833. The predicted octanol–water partition coefficient (Wildman–Crippen LogP) is 3.96. The number of imidazole rings is 1. The highest BCUT2D eigenvalue weighted by Gasteiger charge is 2.10. The van der Waals surface area contributed by atoms with E-state index in [-0.39, 0.29) is 0 Å². The molecule has 4 heteroatoms. The minimum absolute atomic E-state index is 0.744. The summed E-state index contributed by atoms with van der Waals surface area (Å²) in [7, 11) is 2.01. The molecule has 0 radical (unpaired) electrons. The Labute approximate surface area is 102 Å². The van der Waals surface area contributed by atoms with Crippen molar-refractivity contribution in [1.29, 1.82) is 0 Å². The number of aromatic nitrogens is 2. The normalized spacial score (nSPS) is 11.1. The maximum absolute atomic E-state index is 5.99. The summed E-state index contributed by atoms with van der Waals surface area (Å²) in [6.07, 6.45) is 0. The van der Waals surface area contributed by atoms with Crippen molar-refractivity contribution in [3.63, 3.8) is 0 Å². The van der Waals surface area contributed by atoms with Gasteiger partial charge in [0.05, 0.1) is 15.9 Å². The summed E-state index contributed by atoms with van der Waals surface area (Å²) >= 11 is 7.68. The van der Waals surface area contributed by atoms with Crippen molar-refractivity contribution in [2.45, 2.75) is 0 Å². The minimum atomic E-state index is 0.744. The number of hydrogen-bond acceptors (Lipinski definition) is 2. The van der Waals surface area contributed by atoms with Crippen molar-refractivity contribution < 1.29 is 0 Å². The Hall–Kier alpha value is -1.32. The van der Waals surface area contributed by atoms with Crippen LogP contribution in [0.3, 0.4) is 0 Å². The van der Waals surface area contributed by atoms with Crippen LogP contribution in [0.1, 0.15) is 0 Å². The number of nitrogens with zero attached hydrogens (tertiary/aromatic N) is 2. The molecule has 0 unspecified atom stereocenters. The summed E-state index contributed by atoms with van der Waals surface area (Å²) in [4.78, 5) is 5.79. The number of rotatable bonds is 1. The molecule has 0 aliphatic carbocycles. The largest absolute Gasteiger partial charge is 0.326 e. The van der Waals surface area contributed by atoms with Crippen LogP contribution in [0, 0.1) is 0 Å². The van der Waals surface area contributed by atoms with Crippen LogP contribution in [0.5, 0.6) is 0 Å². The highest BCUT2D eigenvalue weighted by atomic mass is 35.5. The van der Waals surface area contributed by atoms with Gasteiger partial charge in [-0.15, -0.1) is 11.3 Å². The number of fused-ring (bicyclic) bond motifs is 1. The zero-order valence-electron chi connectivity index (χ0n) is 8.64. The second-order valence-corrected chi connectivity index (χ2v) is 4.99. The van der Waals surface area contributed by atoms with Gasteiger partial charge < -0.3 is 4.57 Å². The van der Waals surface area contributed by atoms with Crippen molar-refractivity contribution >= 4 is 34.0 Å². The van der Waals surface area contributed by atoms with Gasteiger partial charge >= 0.3 is 0 Å². The van der Waals surface area contributed by atoms with Gasteiger partial charge in [-0.1, -0.05) is 17.7 Å². The third-order valence-corrected chi connectivity index (χ3v) is 3.69. The standard InChI is InChI=1S/C12H9ClN2S/c1-15-10-7-8(13)4-5-9(10)14-12(15)11-3-2-6-16-11/h2-7H,1H3. The number of thiophene rings is 1. The van der Waals surface area contributed by atoms with Gasteiger partial charge in [-0.3, -0.25) is 0 Å². The van der Waals surface area contributed by atoms with Crippen molar-refractivity contribution in [3.8, 4) is 10.7 Å². The van der Waals surface area contributed by atoms with Gasteiger partial charge in [0.2, 0.25) is 0 Å². The van der Waals surface area contributed by atoms with E-state index >= 15 is 0 Å². The Morgan fingerprint density at radius 2 is 2.19 bits per heavy atom. The fourth-order valence-corrected chi connectivity index (χ4v) is 2.70. The third kappa shape index (κ3) is 1.44. The Morgan fingerprint density at radius 3 is 2.94 bits per heavy atom. The molecular weight excluding hydrogens is 240 g/mol. The molecule has 2 nitrogen and oxygen atoms in total. The Balaban J connectivity index is 2.32. The van der Waals surface area contributed by atoms with Gasteiger partial charge in [0.1, 0.15) is 0 Å². The SMILES string of the molecule is Cn1c(-c2cccs2)nc2ccc(Cl)cc21. The lowest BCUT2D eigenvalue weighted by Gasteiger charge is -1.98. The Kier molecular flexibility index (Phi) is 2.23. The van der Waals surface area contributed by atoms with Gasteiger partial charge in [-0.05, 0) is 29.6 Å². The van der Waals surface area contributed by atoms with E-state index in [1.807, 2.05) is 31.3 Å². The molecular formula is C12H9ClN2S. The first-order valence-corrected chi connectivity index (χ1v) is 6.17. The summed E-state index contributed by atoms with van der Waals surface area (Å²) in [5, 5.41) is 2.80. The lowest BCUT2D eigenvalue weighted by molar-refractivity contribution is 0.963. The molecule has 16 heavy (non-hydrogen) atoms. The maximum atomic E-state index is 5.99. The van der Waals surface area contributed by atoms with Gasteiger partial charge in [0.25, 0.3) is 0 Å². The van der Waals surface area contributed by atoms with Crippen LogP contribution in [0.4, 0.5) is 0 Å². The summed E-state index contributed by atoms with van der Waals surface area (Å²) < 4.78 is 2.08. The van der Waals surface area contributed by atoms with E-state index < -0.39 is 0 Å². The average molecular weight is 249 g/mol. The monoisotopic (exact) mass is 248 g/mol. The fourth-order valence-electron chi connectivity index (χ4n) is 1.79. The molecule has 2 aromatic heterocycles. The molecule has 2 heterocycles. The first-order chi connectivity index (χ1) is 7.75. The van der Waals surface area contributed by atoms with Crippen molar-refractivity contribution in [2.24, 2.45) is 7.05 Å². The molecule has 0 spiro atoms. The van der Waals surface area contributed by atoms with E-state index in [1.54, 1.807) is 11.3 Å². The van der Waals surface area contributed by atoms with E-state index in [4.69, 9.17) is 11.6 Å². The van der Waals surface area contributed by atoms with E-state index in [0.717, 1.165) is 21.9 Å². The van der Waals surface area contributed by atoms with E-state index in [2.05, 4.69) is 21.0 Å². The second-order valence-electron chi connectivity index (χ2n) is 3.60. The maximum Gasteiger partial charge on any atom is 0.150 e. The van der Waals surface area contributed by atoms with Crippen LogP contribution in [0.2, 0.25) is 5.02 Å². The minimum Gasteiger partial charge on any atom is -0.326 e. The van der Waals surface area contributed by atoms with Gasteiger partial charge in [-0.2, -0.15) is 0 Å². The number of aryl methyl sites for hydroxylation is 1. The van der Waals surface area contributed by atoms with Crippen molar-refractivity contribution in [3.05, 3.63) is 40.7 Å². The zero-order chi connectivity index (χ0) is 11.1. The van der Waals surface area contributed by atoms with Crippen LogP contribution >= 0.6 is 22.9 Å². The molecule has 0 amide bonds. The molecule has 0 N–H and O–H groups in total. The van der Waals surface area contributed by atoms with Crippen molar-refractivity contribution in [2.75, 3.05) is 0 Å². The predicted molar refractivity (Wildman–Crippen MR) is 69.0 cm³/mol. The molecule has 80 valence electrons. The molecule has 0 saturated heterocycles. The molecule has 0 saturated carbocycles. The van der Waals surface area contributed by atoms with Crippen LogP contribution < -0.4 is 0 Å². The van der Waals surface area contributed by atoms with E-state index in [1.165, 1.54) is 4.88 Å². The summed E-state index contributed by atoms with van der Waals surface area (Å²) in [6, 6.07) is 9.88. The first kappa shape index (κ1) is 9.87. The Bertz CT molecular complexity index is 640. The molecule has 0 atom stereocenters. The average Bonchev–Trinajstić information content (AvgIpc) is 2.87. The summed E-state index contributed by atoms with van der Waals surface area (Å²) in [5.41, 5.74) is 2.05. The molecule has 1 aromatic carbocycles. The summed E-state index contributed by atoms with van der Waals surface area (Å²) in [6.45, 7) is 0. The van der Waals surface area contributed by atoms with Crippen LogP contribution in [0.25, 0.3) is 21.7 Å². The first-order valence-electron chi connectivity index (χ1n) is 4.91. The van der Waals surface area contributed by atoms with Crippen LogP contribution in [-0.2, 0) is 7.05 Å². The molecule has 3 rings (SSSR count). The zero-order valence-corrected chi connectivity index (χ0v) is 10.2. The number of halogens is 1. The lowest BCUT2D eigenvalue weighted by atomic mass is 10.3. The van der Waals surface area contributed by atoms with Crippen LogP contribution in [-0.4, -0.2) is 9.55 Å². The van der Waals surface area contributed by atoms with Crippen molar-refractivity contribution in [1.82, 2.24) is 9.55 Å². The molecule has 0 fully saturated rings. The van der Waals surface area contributed by atoms with Gasteiger partial charge in [-0.25, -0.2) is 4.98 Å².